The van der Waals surface area contributed by atoms with Crippen molar-refractivity contribution < 1.29 is 15.0 Å². The number of Topliss-reactive ketones (excluding diaryl/α,β-unsaturated/α-hetero) is 1. The third kappa shape index (κ3) is 1.91. The topological polar surface area (TPSA) is 57.5 Å². The molecule has 4 aliphatic rings. The molecule has 22 heavy (non-hydrogen) atoms. The SMILES string of the molecule is C[C@]12CCC[C@@H]1[C@@H]1C(=O)C[C@H]3C[C@H](O)CC[C@@]3(C)[C@H]1[C@H](O)C2. The van der Waals surface area contributed by atoms with Gasteiger partial charge in [0.05, 0.1) is 12.2 Å². The molecular formula is C19H30O3. The zero-order chi connectivity index (χ0) is 15.7. The van der Waals surface area contributed by atoms with Gasteiger partial charge in [-0.2, -0.15) is 0 Å². The quantitative estimate of drug-likeness (QED) is 0.723. The van der Waals surface area contributed by atoms with Crippen LogP contribution in [-0.4, -0.2) is 28.2 Å². The Balaban J connectivity index is 1.73. The van der Waals surface area contributed by atoms with Crippen LogP contribution in [0.5, 0.6) is 0 Å². The monoisotopic (exact) mass is 306 g/mol. The van der Waals surface area contributed by atoms with Crippen molar-refractivity contribution >= 4 is 5.78 Å². The largest absolute Gasteiger partial charge is 0.393 e. The first-order chi connectivity index (χ1) is 10.3. The predicted octanol–water partition coefficient (Wildman–Crippen LogP) is 2.93. The molecule has 4 rings (SSSR count). The summed E-state index contributed by atoms with van der Waals surface area (Å²) in [5, 5.41) is 21.0. The number of rotatable bonds is 0. The fraction of sp³-hybridized carbons (Fsp3) is 0.947. The highest BCUT2D eigenvalue weighted by molar-refractivity contribution is 5.83. The van der Waals surface area contributed by atoms with E-state index in [1.54, 1.807) is 0 Å². The second kappa shape index (κ2) is 4.80. The standard InChI is InChI=1S/C19H30O3/c1-18-6-3-4-13(18)16-14(21)9-11-8-12(20)5-7-19(11,2)17(16)15(22)10-18/h11-13,15-17,20,22H,3-10H2,1-2H3/t11-,12-,13-,15-,16-,17+,18-,19-/m1/s1. The minimum atomic E-state index is -0.337. The van der Waals surface area contributed by atoms with E-state index in [4.69, 9.17) is 0 Å². The van der Waals surface area contributed by atoms with Gasteiger partial charge in [0.25, 0.3) is 0 Å². The summed E-state index contributed by atoms with van der Waals surface area (Å²) in [5.41, 5.74) is 0.217. The Morgan fingerprint density at radius 1 is 1.14 bits per heavy atom. The Labute approximate surface area is 133 Å². The van der Waals surface area contributed by atoms with E-state index in [1.807, 2.05) is 0 Å². The molecule has 0 aliphatic heterocycles. The van der Waals surface area contributed by atoms with Crippen molar-refractivity contribution in [3.63, 3.8) is 0 Å². The Morgan fingerprint density at radius 2 is 1.91 bits per heavy atom. The second-order valence-corrected chi connectivity index (χ2v) is 9.28. The molecule has 0 heterocycles. The molecule has 124 valence electrons. The van der Waals surface area contributed by atoms with E-state index in [1.165, 1.54) is 19.3 Å². The van der Waals surface area contributed by atoms with Crippen molar-refractivity contribution in [1.82, 2.24) is 0 Å². The van der Waals surface area contributed by atoms with Crippen LogP contribution in [0, 0.1) is 34.5 Å². The fourth-order valence-electron chi connectivity index (χ4n) is 7.03. The van der Waals surface area contributed by atoms with E-state index in [2.05, 4.69) is 13.8 Å². The second-order valence-electron chi connectivity index (χ2n) is 9.28. The van der Waals surface area contributed by atoms with Gasteiger partial charge < -0.3 is 10.2 Å². The summed E-state index contributed by atoms with van der Waals surface area (Å²) in [5.74, 6) is 1.34. The Morgan fingerprint density at radius 3 is 2.68 bits per heavy atom. The van der Waals surface area contributed by atoms with Crippen LogP contribution < -0.4 is 0 Å². The molecule has 0 aromatic carbocycles. The van der Waals surface area contributed by atoms with E-state index in [0.29, 0.717) is 18.1 Å². The lowest BCUT2D eigenvalue weighted by Crippen LogP contribution is -2.61. The third-order valence-electron chi connectivity index (χ3n) is 8.15. The van der Waals surface area contributed by atoms with E-state index >= 15 is 0 Å². The molecule has 0 bridgehead atoms. The maximum Gasteiger partial charge on any atom is 0.136 e. The molecule has 4 saturated carbocycles. The first kappa shape index (κ1) is 15.1. The van der Waals surface area contributed by atoms with Gasteiger partial charge in [0.2, 0.25) is 0 Å². The molecular weight excluding hydrogens is 276 g/mol. The zero-order valence-corrected chi connectivity index (χ0v) is 13.9. The molecule has 4 aliphatic carbocycles. The number of hydrogen-bond acceptors (Lipinski definition) is 3. The Hall–Kier alpha value is -0.410. The van der Waals surface area contributed by atoms with Crippen molar-refractivity contribution in [3.8, 4) is 0 Å². The van der Waals surface area contributed by atoms with Crippen LogP contribution in [0.1, 0.15) is 65.2 Å². The van der Waals surface area contributed by atoms with Crippen LogP contribution in [0.2, 0.25) is 0 Å². The molecule has 0 spiro atoms. The van der Waals surface area contributed by atoms with Gasteiger partial charge in [-0.1, -0.05) is 20.3 Å². The Bertz CT molecular complexity index is 489. The average molecular weight is 306 g/mol. The lowest BCUT2D eigenvalue weighted by atomic mass is 9.44. The van der Waals surface area contributed by atoms with Crippen molar-refractivity contribution in [3.05, 3.63) is 0 Å². The predicted molar refractivity (Wildman–Crippen MR) is 84.1 cm³/mol. The molecule has 4 fully saturated rings. The van der Waals surface area contributed by atoms with Gasteiger partial charge in [-0.15, -0.1) is 0 Å². The van der Waals surface area contributed by atoms with Crippen molar-refractivity contribution in [2.75, 3.05) is 0 Å². The Kier molecular flexibility index (Phi) is 3.30. The summed E-state index contributed by atoms with van der Waals surface area (Å²) in [6.45, 7) is 4.60. The lowest BCUT2D eigenvalue weighted by molar-refractivity contribution is -0.181. The first-order valence-electron chi connectivity index (χ1n) is 9.24. The minimum absolute atomic E-state index is 0.0428. The van der Waals surface area contributed by atoms with Crippen LogP contribution in [-0.2, 0) is 4.79 Å². The molecule has 2 N–H and O–H groups in total. The molecule has 0 saturated heterocycles. The number of hydrogen-bond donors (Lipinski definition) is 2. The molecule has 0 aromatic rings. The van der Waals surface area contributed by atoms with Crippen LogP contribution in [0.25, 0.3) is 0 Å². The normalized spacial score (nSPS) is 57.9. The summed E-state index contributed by atoms with van der Waals surface area (Å²) in [6, 6.07) is 0. The van der Waals surface area contributed by atoms with E-state index in [-0.39, 0.29) is 40.8 Å². The van der Waals surface area contributed by atoms with Crippen molar-refractivity contribution in [2.45, 2.75) is 77.4 Å². The molecule has 3 nitrogen and oxygen atoms in total. The van der Waals surface area contributed by atoms with E-state index in [9.17, 15) is 15.0 Å². The minimum Gasteiger partial charge on any atom is -0.393 e. The van der Waals surface area contributed by atoms with Gasteiger partial charge in [0.15, 0.2) is 0 Å². The number of ketones is 1. The number of aliphatic hydroxyl groups is 2. The molecule has 0 radical (unpaired) electrons. The smallest absolute Gasteiger partial charge is 0.136 e. The van der Waals surface area contributed by atoms with Gasteiger partial charge in [-0.3, -0.25) is 4.79 Å². The summed E-state index contributed by atoms with van der Waals surface area (Å²) in [7, 11) is 0. The maximum atomic E-state index is 13.0. The van der Waals surface area contributed by atoms with Crippen LogP contribution in [0.3, 0.4) is 0 Å². The van der Waals surface area contributed by atoms with E-state index in [0.717, 1.165) is 25.7 Å². The molecule has 0 unspecified atom stereocenters. The van der Waals surface area contributed by atoms with E-state index < -0.39 is 0 Å². The van der Waals surface area contributed by atoms with Crippen LogP contribution in [0.15, 0.2) is 0 Å². The highest BCUT2D eigenvalue weighted by Gasteiger charge is 2.63. The molecule has 0 aromatic heterocycles. The third-order valence-corrected chi connectivity index (χ3v) is 8.15. The summed E-state index contributed by atoms with van der Waals surface area (Å²) in [4.78, 5) is 13.0. The van der Waals surface area contributed by atoms with Crippen molar-refractivity contribution in [1.29, 1.82) is 0 Å². The molecule has 3 heteroatoms. The number of aliphatic hydroxyl groups excluding tert-OH is 2. The first-order valence-corrected chi connectivity index (χ1v) is 9.24. The fourth-order valence-corrected chi connectivity index (χ4v) is 7.03. The summed E-state index contributed by atoms with van der Waals surface area (Å²) in [6.07, 6.45) is 7.02. The molecule has 8 atom stereocenters. The van der Waals surface area contributed by atoms with Gasteiger partial charge in [-0.25, -0.2) is 0 Å². The van der Waals surface area contributed by atoms with Crippen LogP contribution >= 0.6 is 0 Å². The van der Waals surface area contributed by atoms with Gasteiger partial charge in [0, 0.05) is 18.3 Å². The zero-order valence-electron chi connectivity index (χ0n) is 13.9. The average Bonchev–Trinajstić information content (AvgIpc) is 2.81. The summed E-state index contributed by atoms with van der Waals surface area (Å²) < 4.78 is 0. The lowest BCUT2D eigenvalue weighted by Gasteiger charge is -2.60. The summed E-state index contributed by atoms with van der Waals surface area (Å²) >= 11 is 0. The highest BCUT2D eigenvalue weighted by atomic mass is 16.3. The van der Waals surface area contributed by atoms with Gasteiger partial charge in [-0.05, 0) is 61.2 Å². The number of fused-ring (bicyclic) bond motifs is 5. The number of carbonyl (C=O) groups excluding carboxylic acids is 1. The van der Waals surface area contributed by atoms with Crippen LogP contribution in [0.4, 0.5) is 0 Å². The molecule has 0 amide bonds. The van der Waals surface area contributed by atoms with Crippen molar-refractivity contribution in [2.24, 2.45) is 34.5 Å². The number of carbonyl (C=O) groups is 1. The highest BCUT2D eigenvalue weighted by Crippen LogP contribution is 2.65. The van der Waals surface area contributed by atoms with Gasteiger partial charge in [0.1, 0.15) is 5.78 Å². The van der Waals surface area contributed by atoms with Gasteiger partial charge >= 0.3 is 0 Å². The maximum absolute atomic E-state index is 13.0.